The molecule has 0 N–H and O–H groups in total. The van der Waals surface area contributed by atoms with Crippen LogP contribution in [0.25, 0.3) is 0 Å². The highest BCUT2D eigenvalue weighted by atomic mass is 35.5. The standard InChI is InChI=1S/C13H15ClN2O5/c1-3-15(8-12(17)21-4-2)13(18)10-6-5-9(14)7-11(10)16(19)20/h5-7H,3-4,8H2,1-2H3. The number of likely N-dealkylation sites (N-methyl/N-ethyl adjacent to an activating group) is 1. The number of nitro groups is 1. The maximum atomic E-state index is 12.3. The SMILES string of the molecule is CCOC(=O)CN(CC)C(=O)c1ccc(Cl)cc1[N+](=O)[O-]. The van der Waals surface area contributed by atoms with E-state index >= 15 is 0 Å². The molecule has 0 saturated heterocycles. The molecule has 0 unspecified atom stereocenters. The Morgan fingerprint density at radius 2 is 2.05 bits per heavy atom. The van der Waals surface area contributed by atoms with E-state index in [2.05, 4.69) is 0 Å². The van der Waals surface area contributed by atoms with Gasteiger partial charge in [0.2, 0.25) is 0 Å². The van der Waals surface area contributed by atoms with Gasteiger partial charge in [-0.25, -0.2) is 0 Å². The quantitative estimate of drug-likeness (QED) is 0.456. The molecule has 8 heteroatoms. The summed E-state index contributed by atoms with van der Waals surface area (Å²) in [4.78, 5) is 35.3. The van der Waals surface area contributed by atoms with Crippen molar-refractivity contribution in [2.45, 2.75) is 13.8 Å². The molecule has 7 nitrogen and oxygen atoms in total. The number of nitrogens with zero attached hydrogens (tertiary/aromatic N) is 2. The average molecular weight is 315 g/mol. The van der Waals surface area contributed by atoms with Gasteiger partial charge in [0, 0.05) is 17.6 Å². The summed E-state index contributed by atoms with van der Waals surface area (Å²) in [5.41, 5.74) is -0.509. The summed E-state index contributed by atoms with van der Waals surface area (Å²) in [5.74, 6) is -1.18. The third-order valence-corrected chi connectivity index (χ3v) is 2.92. The topological polar surface area (TPSA) is 89.8 Å². The van der Waals surface area contributed by atoms with E-state index in [4.69, 9.17) is 16.3 Å². The molecule has 0 heterocycles. The van der Waals surface area contributed by atoms with Crippen molar-refractivity contribution < 1.29 is 19.2 Å². The third-order valence-electron chi connectivity index (χ3n) is 2.68. The fourth-order valence-electron chi connectivity index (χ4n) is 1.70. The van der Waals surface area contributed by atoms with Gasteiger partial charge < -0.3 is 9.64 Å². The molecule has 0 spiro atoms. The number of hydrogen-bond acceptors (Lipinski definition) is 5. The van der Waals surface area contributed by atoms with Crippen LogP contribution in [0.15, 0.2) is 18.2 Å². The predicted molar refractivity (Wildman–Crippen MR) is 76.3 cm³/mol. The van der Waals surface area contributed by atoms with Gasteiger partial charge in [-0.05, 0) is 26.0 Å². The van der Waals surface area contributed by atoms with Crippen molar-refractivity contribution >= 4 is 29.2 Å². The molecule has 0 aliphatic carbocycles. The number of nitro benzene ring substituents is 1. The zero-order chi connectivity index (χ0) is 16.0. The molecule has 1 aromatic rings. The molecular weight excluding hydrogens is 300 g/mol. The lowest BCUT2D eigenvalue weighted by Crippen LogP contribution is -2.36. The van der Waals surface area contributed by atoms with E-state index in [-0.39, 0.29) is 30.3 Å². The Balaban J connectivity index is 3.05. The van der Waals surface area contributed by atoms with E-state index < -0.39 is 22.5 Å². The zero-order valence-corrected chi connectivity index (χ0v) is 12.4. The van der Waals surface area contributed by atoms with Crippen molar-refractivity contribution in [1.82, 2.24) is 4.90 Å². The van der Waals surface area contributed by atoms with Gasteiger partial charge in [0.25, 0.3) is 11.6 Å². The number of amides is 1. The summed E-state index contributed by atoms with van der Waals surface area (Å²) in [7, 11) is 0. The van der Waals surface area contributed by atoms with Gasteiger partial charge in [-0.15, -0.1) is 0 Å². The molecule has 0 saturated carbocycles. The van der Waals surface area contributed by atoms with Gasteiger partial charge in [-0.2, -0.15) is 0 Å². The molecule has 0 radical (unpaired) electrons. The second kappa shape index (κ2) is 7.58. The zero-order valence-electron chi connectivity index (χ0n) is 11.7. The molecule has 0 aliphatic rings. The van der Waals surface area contributed by atoms with Gasteiger partial charge in [-0.1, -0.05) is 11.6 Å². The monoisotopic (exact) mass is 314 g/mol. The van der Waals surface area contributed by atoms with E-state index in [9.17, 15) is 19.7 Å². The number of esters is 1. The van der Waals surface area contributed by atoms with Gasteiger partial charge >= 0.3 is 5.97 Å². The number of halogens is 1. The van der Waals surface area contributed by atoms with Crippen LogP contribution in [0.5, 0.6) is 0 Å². The van der Waals surface area contributed by atoms with Crippen LogP contribution in [0.2, 0.25) is 5.02 Å². The normalized spacial score (nSPS) is 10.0. The molecule has 1 aromatic carbocycles. The average Bonchev–Trinajstić information content (AvgIpc) is 2.44. The summed E-state index contributed by atoms with van der Waals surface area (Å²) >= 11 is 5.70. The Morgan fingerprint density at radius 3 is 2.57 bits per heavy atom. The van der Waals surface area contributed by atoms with E-state index in [1.165, 1.54) is 17.0 Å². The Hall–Kier alpha value is -2.15. The first-order valence-corrected chi connectivity index (χ1v) is 6.67. The Bertz CT molecular complexity index is 561. The Kier molecular flexibility index (Phi) is 6.10. The minimum absolute atomic E-state index is 0.115. The first-order valence-electron chi connectivity index (χ1n) is 6.29. The van der Waals surface area contributed by atoms with Crippen molar-refractivity contribution in [1.29, 1.82) is 0 Å². The molecule has 0 fully saturated rings. The van der Waals surface area contributed by atoms with Crippen molar-refractivity contribution in [3.8, 4) is 0 Å². The van der Waals surface area contributed by atoms with Crippen LogP contribution in [0.3, 0.4) is 0 Å². The number of carbonyl (C=O) groups excluding carboxylic acids is 2. The minimum Gasteiger partial charge on any atom is -0.465 e. The molecular formula is C13H15ClN2O5. The number of carbonyl (C=O) groups is 2. The molecule has 1 amide bonds. The summed E-state index contributed by atoms with van der Waals surface area (Å²) in [6.07, 6.45) is 0. The lowest BCUT2D eigenvalue weighted by molar-refractivity contribution is -0.385. The van der Waals surface area contributed by atoms with Crippen LogP contribution in [-0.4, -0.2) is 41.4 Å². The van der Waals surface area contributed by atoms with Crippen molar-refractivity contribution in [2.75, 3.05) is 19.7 Å². The van der Waals surface area contributed by atoms with E-state index in [0.717, 1.165) is 6.07 Å². The van der Waals surface area contributed by atoms with Crippen LogP contribution < -0.4 is 0 Å². The number of benzene rings is 1. The molecule has 21 heavy (non-hydrogen) atoms. The lowest BCUT2D eigenvalue weighted by Gasteiger charge is -2.19. The number of rotatable bonds is 6. The summed E-state index contributed by atoms with van der Waals surface area (Å²) in [6, 6.07) is 3.77. The van der Waals surface area contributed by atoms with Crippen molar-refractivity contribution in [2.24, 2.45) is 0 Å². The highest BCUT2D eigenvalue weighted by Crippen LogP contribution is 2.24. The second-order valence-corrected chi connectivity index (χ2v) is 4.48. The van der Waals surface area contributed by atoms with Crippen LogP contribution >= 0.6 is 11.6 Å². The van der Waals surface area contributed by atoms with Gasteiger partial charge in [0.1, 0.15) is 12.1 Å². The third kappa shape index (κ3) is 4.42. The van der Waals surface area contributed by atoms with E-state index in [1.807, 2.05) is 0 Å². The smallest absolute Gasteiger partial charge is 0.325 e. The van der Waals surface area contributed by atoms with Gasteiger partial charge in [0.05, 0.1) is 11.5 Å². The maximum absolute atomic E-state index is 12.3. The van der Waals surface area contributed by atoms with Gasteiger partial charge in [0.15, 0.2) is 0 Å². The van der Waals surface area contributed by atoms with Gasteiger partial charge in [-0.3, -0.25) is 19.7 Å². The predicted octanol–water partition coefficient (Wildman–Crippen LogP) is 2.27. The molecule has 1 rings (SSSR count). The molecule has 0 atom stereocenters. The first-order chi connectivity index (χ1) is 9.90. The van der Waals surface area contributed by atoms with E-state index in [1.54, 1.807) is 13.8 Å². The minimum atomic E-state index is -0.683. The summed E-state index contributed by atoms with van der Waals surface area (Å²) in [6.45, 7) is 3.48. The Morgan fingerprint density at radius 1 is 1.38 bits per heavy atom. The van der Waals surface area contributed by atoms with Crippen LogP contribution in [0, 0.1) is 10.1 Å². The Labute approximate surface area is 126 Å². The second-order valence-electron chi connectivity index (χ2n) is 4.04. The molecule has 0 aromatic heterocycles. The molecule has 0 bridgehead atoms. The summed E-state index contributed by atoms with van der Waals surface area (Å²) < 4.78 is 4.77. The first kappa shape index (κ1) is 16.9. The fraction of sp³-hybridized carbons (Fsp3) is 0.385. The largest absolute Gasteiger partial charge is 0.465 e. The maximum Gasteiger partial charge on any atom is 0.325 e. The van der Waals surface area contributed by atoms with Crippen LogP contribution in [0.1, 0.15) is 24.2 Å². The fourth-order valence-corrected chi connectivity index (χ4v) is 1.86. The molecule has 114 valence electrons. The molecule has 0 aliphatic heterocycles. The van der Waals surface area contributed by atoms with Crippen molar-refractivity contribution in [3.63, 3.8) is 0 Å². The highest BCUT2D eigenvalue weighted by molar-refractivity contribution is 6.31. The number of ether oxygens (including phenoxy) is 1. The van der Waals surface area contributed by atoms with Crippen LogP contribution in [-0.2, 0) is 9.53 Å². The lowest BCUT2D eigenvalue weighted by atomic mass is 10.1. The van der Waals surface area contributed by atoms with Crippen LogP contribution in [0.4, 0.5) is 5.69 Å². The number of hydrogen-bond donors (Lipinski definition) is 0. The van der Waals surface area contributed by atoms with E-state index in [0.29, 0.717) is 0 Å². The van der Waals surface area contributed by atoms with Crippen molar-refractivity contribution in [3.05, 3.63) is 38.9 Å². The highest BCUT2D eigenvalue weighted by Gasteiger charge is 2.25. The summed E-state index contributed by atoms with van der Waals surface area (Å²) in [5, 5.41) is 11.2.